The highest BCUT2D eigenvalue weighted by molar-refractivity contribution is 7.79. The molecule has 2 rings (SSSR count). The molecule has 120 valence electrons. The van der Waals surface area contributed by atoms with Gasteiger partial charge in [0.25, 0.3) is 0 Å². The van der Waals surface area contributed by atoms with Crippen molar-refractivity contribution in [3.8, 4) is 11.1 Å². The van der Waals surface area contributed by atoms with Gasteiger partial charge in [-0.3, -0.25) is 4.68 Å². The Balaban J connectivity index is 2.40. The molecule has 1 atom stereocenters. The Morgan fingerprint density at radius 3 is 2.68 bits per heavy atom. The third-order valence-electron chi connectivity index (χ3n) is 2.96. The summed E-state index contributed by atoms with van der Waals surface area (Å²) in [5, 5.41) is 4.03. The topological polar surface area (TPSA) is 64.3 Å². The van der Waals surface area contributed by atoms with Gasteiger partial charge in [-0.05, 0) is 17.7 Å². The molecule has 0 aliphatic heterocycles. The summed E-state index contributed by atoms with van der Waals surface area (Å²) in [6, 6.07) is 3.21. The van der Waals surface area contributed by atoms with E-state index in [-0.39, 0.29) is 5.56 Å². The van der Waals surface area contributed by atoms with Crippen molar-refractivity contribution < 1.29 is 26.7 Å². The molecule has 1 aromatic heterocycles. The van der Waals surface area contributed by atoms with Crippen molar-refractivity contribution in [2.75, 3.05) is 13.7 Å². The number of aromatic nitrogens is 2. The lowest BCUT2D eigenvalue weighted by molar-refractivity contribution is -0.139. The maximum absolute atomic E-state index is 13.0. The lowest BCUT2D eigenvalue weighted by atomic mass is 10.1. The molecule has 0 aliphatic rings. The average Bonchev–Trinajstić information content (AvgIpc) is 2.92. The summed E-state index contributed by atoms with van der Waals surface area (Å²) < 4.78 is 65.4. The number of halogens is 3. The number of methoxy groups -OCH3 is 1. The number of nitrogens with zero attached hydrogens (tertiary/aromatic N) is 2. The van der Waals surface area contributed by atoms with E-state index in [4.69, 9.17) is 9.29 Å². The molecule has 0 amide bonds. The predicted octanol–water partition coefficient (Wildman–Crippen LogP) is 2.80. The van der Waals surface area contributed by atoms with Gasteiger partial charge in [-0.1, -0.05) is 6.07 Å². The zero-order chi connectivity index (χ0) is 16.3. The van der Waals surface area contributed by atoms with Crippen molar-refractivity contribution in [1.82, 2.24) is 9.78 Å². The smallest absolute Gasteiger partial charge is 0.383 e. The van der Waals surface area contributed by atoms with Crippen molar-refractivity contribution in [2.45, 2.75) is 17.6 Å². The summed E-state index contributed by atoms with van der Waals surface area (Å²) in [6.45, 7) is 0.902. The van der Waals surface area contributed by atoms with Crippen LogP contribution in [0.1, 0.15) is 5.56 Å². The third kappa shape index (κ3) is 3.73. The van der Waals surface area contributed by atoms with Crippen LogP contribution in [0, 0.1) is 0 Å². The van der Waals surface area contributed by atoms with Crippen molar-refractivity contribution in [2.24, 2.45) is 0 Å². The van der Waals surface area contributed by atoms with Gasteiger partial charge < -0.3 is 9.29 Å². The van der Waals surface area contributed by atoms with Crippen LogP contribution in [0.15, 0.2) is 35.5 Å². The van der Waals surface area contributed by atoms with Crippen LogP contribution >= 0.6 is 0 Å². The van der Waals surface area contributed by atoms with Crippen molar-refractivity contribution in [3.63, 3.8) is 0 Å². The molecule has 0 radical (unpaired) electrons. The summed E-state index contributed by atoms with van der Waals surface area (Å²) in [6.07, 6.45) is -1.69. The minimum Gasteiger partial charge on any atom is -0.383 e. The fourth-order valence-electron chi connectivity index (χ4n) is 1.90. The maximum Gasteiger partial charge on any atom is 0.417 e. The lowest BCUT2D eigenvalue weighted by Gasteiger charge is -2.11. The summed E-state index contributed by atoms with van der Waals surface area (Å²) >= 11 is -2.71. The standard InChI is InChI=1S/C13H13F3N2O3S/c1-21-5-4-18-8-10(7-17-18)9-2-3-12(22(19)20)11(6-9)13(14,15)16/h2-3,6-8H,4-5H2,1H3,(H,19,20). The molecule has 0 saturated heterocycles. The van der Waals surface area contributed by atoms with Gasteiger partial charge in [-0.25, -0.2) is 4.21 Å². The monoisotopic (exact) mass is 334 g/mol. The minimum atomic E-state index is -4.71. The zero-order valence-electron chi connectivity index (χ0n) is 11.5. The van der Waals surface area contributed by atoms with Crippen molar-refractivity contribution in [3.05, 3.63) is 36.2 Å². The van der Waals surface area contributed by atoms with E-state index >= 15 is 0 Å². The van der Waals surface area contributed by atoms with Crippen molar-refractivity contribution in [1.29, 1.82) is 0 Å². The largest absolute Gasteiger partial charge is 0.417 e. The molecular formula is C13H13F3N2O3S. The van der Waals surface area contributed by atoms with Gasteiger partial charge in [0, 0.05) is 18.9 Å². The number of hydrogen-bond acceptors (Lipinski definition) is 3. The van der Waals surface area contributed by atoms with Gasteiger partial charge in [0.05, 0.1) is 29.8 Å². The van der Waals surface area contributed by atoms with Gasteiger partial charge in [0.15, 0.2) is 11.1 Å². The molecule has 0 saturated carbocycles. The molecule has 0 spiro atoms. The van der Waals surface area contributed by atoms with Crippen LogP contribution < -0.4 is 0 Å². The summed E-state index contributed by atoms with van der Waals surface area (Å²) in [4.78, 5) is -0.664. The van der Waals surface area contributed by atoms with Crippen LogP contribution in [-0.2, 0) is 28.5 Å². The van der Waals surface area contributed by atoms with Gasteiger partial charge in [-0.15, -0.1) is 0 Å². The maximum atomic E-state index is 13.0. The van der Waals surface area contributed by atoms with Crippen LogP contribution in [0.4, 0.5) is 13.2 Å². The highest BCUT2D eigenvalue weighted by Gasteiger charge is 2.35. The van der Waals surface area contributed by atoms with Gasteiger partial charge in [0.1, 0.15) is 0 Å². The second-order valence-corrected chi connectivity index (χ2v) is 5.38. The van der Waals surface area contributed by atoms with Gasteiger partial charge >= 0.3 is 6.18 Å². The first kappa shape index (κ1) is 16.7. The molecular weight excluding hydrogens is 321 g/mol. The van der Waals surface area contributed by atoms with E-state index in [1.807, 2.05) is 0 Å². The Morgan fingerprint density at radius 1 is 1.36 bits per heavy atom. The van der Waals surface area contributed by atoms with E-state index in [1.54, 1.807) is 10.9 Å². The normalized spacial score (nSPS) is 13.3. The van der Waals surface area contributed by atoms with Crippen LogP contribution in [0.5, 0.6) is 0 Å². The highest BCUT2D eigenvalue weighted by Crippen LogP contribution is 2.36. The second-order valence-electron chi connectivity index (χ2n) is 4.44. The fraction of sp³-hybridized carbons (Fsp3) is 0.308. The van der Waals surface area contributed by atoms with E-state index in [0.717, 1.165) is 12.1 Å². The number of benzene rings is 1. The SMILES string of the molecule is COCCn1cc(-c2ccc(S(=O)O)c(C(F)(F)F)c2)cn1. The Morgan fingerprint density at radius 2 is 2.09 bits per heavy atom. The Kier molecular flexibility index (Phi) is 4.99. The average molecular weight is 334 g/mol. The second kappa shape index (κ2) is 6.59. The van der Waals surface area contributed by atoms with E-state index in [9.17, 15) is 17.4 Å². The molecule has 0 aliphatic carbocycles. The molecule has 2 aromatic rings. The number of alkyl halides is 3. The van der Waals surface area contributed by atoms with Crippen LogP contribution in [0.25, 0.3) is 11.1 Å². The highest BCUT2D eigenvalue weighted by atomic mass is 32.2. The summed E-state index contributed by atoms with van der Waals surface area (Å²) in [5.74, 6) is 0. The van der Waals surface area contributed by atoms with Crippen LogP contribution in [0.3, 0.4) is 0 Å². The molecule has 5 nitrogen and oxygen atoms in total. The molecule has 1 heterocycles. The Hall–Kier alpha value is -1.71. The van der Waals surface area contributed by atoms with E-state index in [1.165, 1.54) is 19.4 Å². The molecule has 1 unspecified atom stereocenters. The third-order valence-corrected chi connectivity index (χ3v) is 3.70. The first-order chi connectivity index (χ1) is 10.3. The summed E-state index contributed by atoms with van der Waals surface area (Å²) in [7, 11) is 1.54. The Bertz CT molecular complexity index is 685. The molecule has 1 aromatic carbocycles. The Labute approximate surface area is 127 Å². The molecule has 0 fully saturated rings. The van der Waals surface area contributed by atoms with E-state index in [2.05, 4.69) is 5.10 Å². The molecule has 1 N–H and O–H groups in total. The summed E-state index contributed by atoms with van der Waals surface area (Å²) in [5.41, 5.74) is -0.377. The number of hydrogen-bond donors (Lipinski definition) is 1. The fourth-order valence-corrected chi connectivity index (χ4v) is 2.45. The lowest BCUT2D eigenvalue weighted by Crippen LogP contribution is -2.10. The predicted molar refractivity (Wildman–Crippen MR) is 73.6 cm³/mol. The number of ether oxygens (including phenoxy) is 1. The molecule has 0 bridgehead atoms. The van der Waals surface area contributed by atoms with Crippen LogP contribution in [-0.4, -0.2) is 32.3 Å². The first-order valence-electron chi connectivity index (χ1n) is 6.17. The van der Waals surface area contributed by atoms with E-state index < -0.39 is 27.7 Å². The van der Waals surface area contributed by atoms with Crippen molar-refractivity contribution >= 4 is 11.1 Å². The van der Waals surface area contributed by atoms with Gasteiger partial charge in [-0.2, -0.15) is 18.3 Å². The van der Waals surface area contributed by atoms with Crippen LogP contribution in [0.2, 0.25) is 0 Å². The number of rotatable bonds is 5. The minimum absolute atomic E-state index is 0.269. The van der Waals surface area contributed by atoms with E-state index in [0.29, 0.717) is 18.7 Å². The molecule has 22 heavy (non-hydrogen) atoms. The zero-order valence-corrected chi connectivity index (χ0v) is 12.3. The quantitative estimate of drug-likeness (QED) is 0.854. The molecule has 9 heteroatoms. The first-order valence-corrected chi connectivity index (χ1v) is 7.27. The van der Waals surface area contributed by atoms with Gasteiger partial charge in [0.2, 0.25) is 0 Å².